The molecule has 0 aliphatic carbocycles. The maximum atomic E-state index is 10.8. The fraction of sp³-hybridized carbons (Fsp3) is 0.333. The SMILES string of the molecule is C[C@@H]1S/C(=C\C#N)NC1=O. The molecule has 1 N–H and O–H groups in total. The summed E-state index contributed by atoms with van der Waals surface area (Å²) in [5.74, 6) is -0.0218. The number of amides is 1. The smallest absolute Gasteiger partial charge is 0.238 e. The summed E-state index contributed by atoms with van der Waals surface area (Å²) in [6.07, 6.45) is 1.34. The third-order valence-electron chi connectivity index (χ3n) is 1.12. The molecule has 1 fully saturated rings. The van der Waals surface area contributed by atoms with Crippen molar-refractivity contribution in [2.24, 2.45) is 0 Å². The summed E-state index contributed by atoms with van der Waals surface area (Å²) < 4.78 is 0. The Balaban J connectivity index is 2.68. The van der Waals surface area contributed by atoms with Gasteiger partial charge in [-0.1, -0.05) is 11.8 Å². The van der Waals surface area contributed by atoms with Gasteiger partial charge in [0.2, 0.25) is 5.91 Å². The van der Waals surface area contributed by atoms with Crippen LogP contribution >= 0.6 is 11.8 Å². The number of carbonyl (C=O) groups is 1. The monoisotopic (exact) mass is 154 g/mol. The maximum absolute atomic E-state index is 10.8. The van der Waals surface area contributed by atoms with E-state index in [1.807, 2.05) is 6.07 Å². The molecule has 10 heavy (non-hydrogen) atoms. The number of thioether (sulfide) groups is 1. The van der Waals surface area contributed by atoms with Gasteiger partial charge in [-0.25, -0.2) is 0 Å². The summed E-state index contributed by atoms with van der Waals surface area (Å²) in [5, 5.41) is 11.4. The van der Waals surface area contributed by atoms with Gasteiger partial charge in [0.05, 0.1) is 16.3 Å². The molecule has 1 heterocycles. The Kier molecular flexibility index (Phi) is 1.97. The van der Waals surface area contributed by atoms with Gasteiger partial charge >= 0.3 is 0 Å². The second kappa shape index (κ2) is 2.76. The zero-order valence-corrected chi connectivity index (χ0v) is 6.23. The highest BCUT2D eigenvalue weighted by Crippen LogP contribution is 2.25. The van der Waals surface area contributed by atoms with E-state index in [-0.39, 0.29) is 11.2 Å². The van der Waals surface area contributed by atoms with E-state index >= 15 is 0 Å². The molecular formula is C6H6N2OS. The highest BCUT2D eigenvalue weighted by Gasteiger charge is 2.23. The third kappa shape index (κ3) is 1.31. The molecule has 1 aliphatic heterocycles. The molecule has 0 unspecified atom stereocenters. The molecule has 0 aromatic rings. The van der Waals surface area contributed by atoms with Crippen molar-refractivity contribution >= 4 is 17.7 Å². The van der Waals surface area contributed by atoms with E-state index in [2.05, 4.69) is 5.32 Å². The zero-order chi connectivity index (χ0) is 7.56. The van der Waals surface area contributed by atoms with Crippen LogP contribution in [0.1, 0.15) is 6.92 Å². The van der Waals surface area contributed by atoms with Gasteiger partial charge in [0.15, 0.2) is 0 Å². The molecule has 1 amide bonds. The van der Waals surface area contributed by atoms with Crippen molar-refractivity contribution in [3.63, 3.8) is 0 Å². The first-order valence-corrected chi connectivity index (χ1v) is 3.69. The zero-order valence-electron chi connectivity index (χ0n) is 5.42. The molecule has 4 heteroatoms. The largest absolute Gasteiger partial charge is 0.319 e. The van der Waals surface area contributed by atoms with Gasteiger partial charge in [0.25, 0.3) is 0 Å². The lowest BCUT2D eigenvalue weighted by atomic mass is 10.4. The highest BCUT2D eigenvalue weighted by atomic mass is 32.2. The van der Waals surface area contributed by atoms with Gasteiger partial charge in [-0.3, -0.25) is 4.79 Å². The lowest BCUT2D eigenvalue weighted by Crippen LogP contribution is -2.19. The Morgan fingerprint density at radius 1 is 1.90 bits per heavy atom. The second-order valence-corrected chi connectivity index (χ2v) is 3.27. The van der Waals surface area contributed by atoms with Crippen molar-refractivity contribution in [3.8, 4) is 6.07 Å². The molecule has 0 spiro atoms. The number of nitriles is 1. The van der Waals surface area contributed by atoms with Crippen molar-refractivity contribution in [2.45, 2.75) is 12.2 Å². The second-order valence-electron chi connectivity index (χ2n) is 1.89. The minimum atomic E-state index is -0.0559. The van der Waals surface area contributed by atoms with Crippen LogP contribution in [0, 0.1) is 11.3 Å². The topological polar surface area (TPSA) is 52.9 Å². The fourth-order valence-corrected chi connectivity index (χ4v) is 1.45. The molecule has 0 saturated carbocycles. The number of nitrogens with one attached hydrogen (secondary N) is 1. The van der Waals surface area contributed by atoms with E-state index < -0.39 is 0 Å². The van der Waals surface area contributed by atoms with Gasteiger partial charge < -0.3 is 5.32 Å². The van der Waals surface area contributed by atoms with Gasteiger partial charge in [0.1, 0.15) is 0 Å². The van der Waals surface area contributed by atoms with Crippen molar-refractivity contribution < 1.29 is 4.79 Å². The third-order valence-corrected chi connectivity index (χ3v) is 2.16. The van der Waals surface area contributed by atoms with Crippen molar-refractivity contribution in [2.75, 3.05) is 0 Å². The van der Waals surface area contributed by atoms with Gasteiger partial charge in [-0.05, 0) is 6.92 Å². The number of hydrogen-bond acceptors (Lipinski definition) is 3. The van der Waals surface area contributed by atoms with Crippen LogP contribution in [0.4, 0.5) is 0 Å². The van der Waals surface area contributed by atoms with E-state index in [1.54, 1.807) is 6.92 Å². The van der Waals surface area contributed by atoms with E-state index in [0.29, 0.717) is 5.03 Å². The first-order valence-electron chi connectivity index (χ1n) is 2.81. The van der Waals surface area contributed by atoms with Crippen LogP contribution in [-0.2, 0) is 4.79 Å². The Hall–Kier alpha value is -0.950. The highest BCUT2D eigenvalue weighted by molar-refractivity contribution is 8.04. The minimum absolute atomic E-state index is 0.0218. The van der Waals surface area contributed by atoms with Crippen LogP contribution in [-0.4, -0.2) is 11.2 Å². The quantitative estimate of drug-likeness (QED) is 0.520. The average molecular weight is 154 g/mol. The normalized spacial score (nSPS) is 28.2. The van der Waals surface area contributed by atoms with Crippen LogP contribution in [0.3, 0.4) is 0 Å². The average Bonchev–Trinajstić information content (AvgIpc) is 2.14. The number of allylic oxidation sites excluding steroid dienone is 1. The van der Waals surface area contributed by atoms with Crippen LogP contribution in [0.2, 0.25) is 0 Å². The molecule has 3 nitrogen and oxygen atoms in total. The Morgan fingerprint density at radius 3 is 3.00 bits per heavy atom. The summed E-state index contributed by atoms with van der Waals surface area (Å²) in [6, 6.07) is 1.85. The summed E-state index contributed by atoms with van der Waals surface area (Å²) >= 11 is 1.38. The predicted molar refractivity (Wildman–Crippen MR) is 38.9 cm³/mol. The number of carbonyl (C=O) groups excluding carboxylic acids is 1. The summed E-state index contributed by atoms with van der Waals surface area (Å²) in [6.45, 7) is 1.80. The van der Waals surface area contributed by atoms with Crippen LogP contribution in [0.15, 0.2) is 11.1 Å². The summed E-state index contributed by atoms with van der Waals surface area (Å²) in [5.41, 5.74) is 0. The predicted octanol–water partition coefficient (Wildman–Crippen LogP) is 0.603. The van der Waals surface area contributed by atoms with Crippen LogP contribution < -0.4 is 5.32 Å². The molecule has 0 radical (unpaired) electrons. The molecular weight excluding hydrogens is 148 g/mol. The van der Waals surface area contributed by atoms with Gasteiger partial charge in [0, 0.05) is 6.08 Å². The number of nitrogens with zero attached hydrogens (tertiary/aromatic N) is 1. The number of hydrogen-bond donors (Lipinski definition) is 1. The van der Waals surface area contributed by atoms with E-state index in [4.69, 9.17) is 5.26 Å². The molecule has 1 atom stereocenters. The Bertz CT molecular complexity index is 228. The van der Waals surface area contributed by atoms with E-state index in [0.717, 1.165) is 0 Å². The lowest BCUT2D eigenvalue weighted by molar-refractivity contribution is -0.118. The van der Waals surface area contributed by atoms with E-state index in [9.17, 15) is 4.79 Å². The van der Waals surface area contributed by atoms with Crippen molar-refractivity contribution in [3.05, 3.63) is 11.1 Å². The molecule has 1 saturated heterocycles. The van der Waals surface area contributed by atoms with Gasteiger partial charge in [-0.2, -0.15) is 5.26 Å². The van der Waals surface area contributed by atoms with Crippen molar-refractivity contribution in [1.82, 2.24) is 5.32 Å². The standard InChI is InChI=1S/C6H6N2OS/c1-4-6(9)8-5(10-4)2-3-7/h2,4H,1H3,(H,8,9)/b5-2-/t4-/m0/s1. The molecule has 0 aromatic heterocycles. The first kappa shape index (κ1) is 7.16. The Morgan fingerprint density at radius 2 is 2.60 bits per heavy atom. The molecule has 0 bridgehead atoms. The molecule has 52 valence electrons. The summed E-state index contributed by atoms with van der Waals surface area (Å²) in [7, 11) is 0. The fourth-order valence-electron chi connectivity index (χ4n) is 0.625. The lowest BCUT2D eigenvalue weighted by Gasteiger charge is -1.88. The van der Waals surface area contributed by atoms with Crippen LogP contribution in [0.5, 0.6) is 0 Å². The number of rotatable bonds is 0. The maximum Gasteiger partial charge on any atom is 0.238 e. The molecule has 1 rings (SSSR count). The van der Waals surface area contributed by atoms with Gasteiger partial charge in [-0.15, -0.1) is 0 Å². The van der Waals surface area contributed by atoms with E-state index in [1.165, 1.54) is 17.8 Å². The summed E-state index contributed by atoms with van der Waals surface area (Å²) in [4.78, 5) is 10.8. The molecule has 1 aliphatic rings. The first-order chi connectivity index (χ1) is 4.74. The van der Waals surface area contributed by atoms with Crippen LogP contribution in [0.25, 0.3) is 0 Å². The Labute approximate surface area is 63.1 Å². The molecule has 0 aromatic carbocycles. The van der Waals surface area contributed by atoms with Crippen molar-refractivity contribution in [1.29, 1.82) is 5.26 Å². The minimum Gasteiger partial charge on any atom is -0.319 e.